The molecule has 0 unspecified atom stereocenters. The molecule has 0 heteroatoms. The normalized spacial score (nSPS) is 9.60. The molecule has 0 aromatic rings. The third-order valence-corrected chi connectivity index (χ3v) is 0.408. The summed E-state index contributed by atoms with van der Waals surface area (Å²) in [5.41, 5.74) is 0. The van der Waals surface area contributed by atoms with E-state index in [9.17, 15) is 0 Å². The van der Waals surface area contributed by atoms with E-state index in [0.29, 0.717) is 12.3 Å². The molecule has 5 heavy (non-hydrogen) atoms. The van der Waals surface area contributed by atoms with Crippen LogP contribution in [0.25, 0.3) is 0 Å². The van der Waals surface area contributed by atoms with E-state index in [2.05, 4.69) is 0 Å². The Labute approximate surface area is 34.2 Å². The predicted octanol–water partition coefficient (Wildman–Crippen LogP) is 1.62. The second-order valence-corrected chi connectivity index (χ2v) is 1.60. The molecular weight excluding hydrogens is 60.1 g/mol. The van der Waals surface area contributed by atoms with Crippen LogP contribution in [0, 0.1) is 12.8 Å². The topological polar surface area (TPSA) is 0 Å². The van der Waals surface area contributed by atoms with Gasteiger partial charge in [0.2, 0.25) is 0 Å². The largest absolute Gasteiger partial charge is 0.0628 e. The van der Waals surface area contributed by atoms with Gasteiger partial charge < -0.3 is 0 Å². The molecular formula is C5H9. The smallest absolute Gasteiger partial charge is 0.00909 e. The molecule has 0 rings (SSSR count). The van der Waals surface area contributed by atoms with Gasteiger partial charge in [0.15, 0.2) is 0 Å². The van der Waals surface area contributed by atoms with Crippen LogP contribution in [0.1, 0.15) is 20.3 Å². The van der Waals surface area contributed by atoms with Crippen molar-refractivity contribution in [1.82, 2.24) is 0 Å². The van der Waals surface area contributed by atoms with Crippen LogP contribution in [0.3, 0.4) is 0 Å². The lowest BCUT2D eigenvalue weighted by Crippen LogP contribution is -1.77. The first-order valence-corrected chi connectivity index (χ1v) is 1.92. The molecule has 0 aromatic carbocycles. The molecule has 0 aliphatic rings. The van der Waals surface area contributed by atoms with Crippen LogP contribution in [-0.4, -0.2) is 0 Å². The fourth-order valence-electron chi connectivity index (χ4n) is 0. The Balaban J connectivity index is 2.54. The van der Waals surface area contributed by atoms with Gasteiger partial charge in [-0.05, 0) is 19.3 Å². The van der Waals surface area contributed by atoms with Crippen molar-refractivity contribution >= 4 is 0 Å². The van der Waals surface area contributed by atoms with Crippen molar-refractivity contribution in [2.24, 2.45) is 5.92 Å². The average Bonchev–Trinajstić information content (AvgIpc) is 1.38. The highest BCUT2D eigenvalue weighted by molar-refractivity contribution is 4.42. The first-order valence-electron chi connectivity index (χ1n) is 1.92. The predicted molar refractivity (Wildman–Crippen MR) is 22.7 cm³/mol. The summed E-state index contributed by atoms with van der Waals surface area (Å²) in [4.78, 5) is 0. The van der Waals surface area contributed by atoms with Crippen LogP contribution in [0.15, 0.2) is 0 Å². The quantitative estimate of drug-likeness (QED) is 0.439. The Hall–Kier alpha value is 0. The van der Waals surface area contributed by atoms with Gasteiger partial charge >= 0.3 is 0 Å². The molecule has 0 amide bonds. The molecule has 29 valence electrons. The van der Waals surface area contributed by atoms with E-state index in [-0.39, 0.29) is 0 Å². The van der Waals surface area contributed by atoms with Gasteiger partial charge in [0.05, 0.1) is 0 Å². The maximum absolute atomic E-state index is 6.66. The van der Waals surface area contributed by atoms with Gasteiger partial charge in [-0.15, -0.1) is 0 Å². The van der Waals surface area contributed by atoms with Gasteiger partial charge in [0.25, 0.3) is 0 Å². The molecule has 0 aromatic heterocycles. The summed E-state index contributed by atoms with van der Waals surface area (Å²) in [6, 6.07) is 0. The van der Waals surface area contributed by atoms with E-state index < -0.39 is 0 Å². The van der Waals surface area contributed by atoms with E-state index >= 15 is 0 Å². The van der Waals surface area contributed by atoms with Gasteiger partial charge in [-0.25, -0.2) is 0 Å². The maximum Gasteiger partial charge on any atom is -0.00909 e. The third kappa shape index (κ3) is 4.00. The molecule has 0 heterocycles. The molecule has 0 N–H and O–H groups in total. The highest BCUT2D eigenvalue weighted by atomic mass is 13.9. The summed E-state index contributed by atoms with van der Waals surface area (Å²) in [6.45, 7) is 10.7. The van der Waals surface area contributed by atoms with Gasteiger partial charge in [0.1, 0.15) is 0 Å². The Morgan fingerprint density at radius 3 is 1.80 bits per heavy atom. The monoisotopic (exact) mass is 69.1 g/mol. The van der Waals surface area contributed by atoms with E-state index in [4.69, 9.17) is 6.92 Å². The minimum atomic E-state index is 0.551. The van der Waals surface area contributed by atoms with Crippen LogP contribution in [0.5, 0.6) is 0 Å². The second-order valence-electron chi connectivity index (χ2n) is 1.60. The van der Waals surface area contributed by atoms with Crippen molar-refractivity contribution in [3.8, 4) is 0 Å². The zero-order valence-corrected chi connectivity index (χ0v) is 3.78. The van der Waals surface area contributed by atoms with Crippen molar-refractivity contribution in [2.75, 3.05) is 0 Å². The minimum Gasteiger partial charge on any atom is -0.0628 e. The fraction of sp³-hybridized carbons (Fsp3) is 0.800. The van der Waals surface area contributed by atoms with Crippen molar-refractivity contribution in [2.45, 2.75) is 20.3 Å². The van der Waals surface area contributed by atoms with Crippen molar-refractivity contribution in [3.63, 3.8) is 0 Å². The molecule has 0 saturated heterocycles. The lowest BCUT2D eigenvalue weighted by Gasteiger charge is -1.89. The van der Waals surface area contributed by atoms with Crippen molar-refractivity contribution < 1.29 is 0 Å². The fourth-order valence-corrected chi connectivity index (χ4v) is 0. The molecule has 0 fully saturated rings. The molecule has 0 atom stereocenters. The SMILES string of the molecule is [C]CC(C)C. The van der Waals surface area contributed by atoms with E-state index in [1.807, 2.05) is 13.8 Å². The summed E-state index contributed by atoms with van der Waals surface area (Å²) >= 11 is 0. The first kappa shape index (κ1) is 5.00. The molecule has 0 saturated carbocycles. The molecule has 0 spiro atoms. The minimum absolute atomic E-state index is 0.551. The summed E-state index contributed by atoms with van der Waals surface area (Å²) in [5, 5.41) is 0. The average molecular weight is 69.1 g/mol. The van der Waals surface area contributed by atoms with Gasteiger partial charge in [0, 0.05) is 0 Å². The van der Waals surface area contributed by atoms with Crippen LogP contribution >= 0.6 is 0 Å². The maximum atomic E-state index is 6.66. The standard InChI is InChI=1S/C5H9/c1-4-5(2)3/h5H,4H2,2-3H3. The third-order valence-electron chi connectivity index (χ3n) is 0.408. The summed E-state index contributed by atoms with van der Waals surface area (Å²) in [7, 11) is 0. The molecule has 3 radical (unpaired) electrons. The Bertz CT molecular complexity index is 14.0. The highest BCUT2D eigenvalue weighted by Gasteiger charge is 1.80. The molecule has 0 bridgehead atoms. The summed E-state index contributed by atoms with van der Waals surface area (Å²) < 4.78 is 0. The molecule has 0 nitrogen and oxygen atoms in total. The highest BCUT2D eigenvalue weighted by Crippen LogP contribution is 1.93. The van der Waals surface area contributed by atoms with Gasteiger partial charge in [-0.3, -0.25) is 0 Å². The Morgan fingerprint density at radius 2 is 1.80 bits per heavy atom. The van der Waals surface area contributed by atoms with Crippen LogP contribution in [0.4, 0.5) is 0 Å². The zero-order valence-electron chi connectivity index (χ0n) is 3.78. The van der Waals surface area contributed by atoms with Gasteiger partial charge in [-0.2, -0.15) is 0 Å². The Kier molecular flexibility index (Phi) is 2.25. The van der Waals surface area contributed by atoms with Crippen LogP contribution in [0.2, 0.25) is 0 Å². The zero-order chi connectivity index (χ0) is 4.28. The van der Waals surface area contributed by atoms with E-state index in [1.165, 1.54) is 0 Å². The Morgan fingerprint density at radius 1 is 1.60 bits per heavy atom. The second kappa shape index (κ2) is 2.25. The number of rotatable bonds is 1. The molecule has 0 aliphatic heterocycles. The number of hydrogen-bond acceptors (Lipinski definition) is 0. The van der Waals surface area contributed by atoms with E-state index in [1.54, 1.807) is 0 Å². The van der Waals surface area contributed by atoms with Crippen molar-refractivity contribution in [3.05, 3.63) is 6.92 Å². The first-order chi connectivity index (χ1) is 2.27. The number of hydrogen-bond donors (Lipinski definition) is 0. The van der Waals surface area contributed by atoms with E-state index in [0.717, 1.165) is 0 Å². The van der Waals surface area contributed by atoms with Crippen LogP contribution < -0.4 is 0 Å². The molecule has 0 aliphatic carbocycles. The lowest BCUT2D eigenvalue weighted by atomic mass is 10.2. The summed E-state index contributed by atoms with van der Waals surface area (Å²) in [5.74, 6) is 0.551. The lowest BCUT2D eigenvalue weighted by molar-refractivity contribution is 0.661. The van der Waals surface area contributed by atoms with Gasteiger partial charge in [-0.1, -0.05) is 13.8 Å². The van der Waals surface area contributed by atoms with Crippen LogP contribution in [-0.2, 0) is 0 Å². The summed E-state index contributed by atoms with van der Waals surface area (Å²) in [6.07, 6.45) is 0.556. The van der Waals surface area contributed by atoms with Crippen molar-refractivity contribution in [1.29, 1.82) is 0 Å².